The highest BCUT2D eigenvalue weighted by Crippen LogP contribution is 1.92. The Hall–Kier alpha value is -0.670. The Bertz CT molecular complexity index is 109. The van der Waals surface area contributed by atoms with Gasteiger partial charge in [-0.3, -0.25) is 4.79 Å². The number of hydrogen-bond donors (Lipinski definition) is 0. The lowest BCUT2D eigenvalue weighted by molar-refractivity contribution is -0.105. The number of rotatable bonds is 6. The van der Waals surface area contributed by atoms with E-state index in [1.165, 1.54) is 0 Å². The first kappa shape index (κ1) is 9.33. The van der Waals surface area contributed by atoms with Gasteiger partial charge >= 0.3 is 0 Å². The average molecular weight is 144 g/mol. The Morgan fingerprint density at radius 1 is 1.70 bits per heavy atom. The minimum atomic E-state index is 0.270. The molecule has 3 nitrogen and oxygen atoms in total. The molecule has 0 aromatic rings. The number of aldehydes is 1. The quantitative estimate of drug-likeness (QED) is 0.239. The monoisotopic (exact) mass is 144 g/mol. The van der Waals surface area contributed by atoms with Crippen molar-refractivity contribution in [1.82, 2.24) is 0 Å². The molecule has 0 saturated heterocycles. The molecule has 0 bridgehead atoms. The molecule has 0 aliphatic carbocycles. The summed E-state index contributed by atoms with van der Waals surface area (Å²) in [6.45, 7) is 4.24. The van der Waals surface area contributed by atoms with Gasteiger partial charge in [-0.1, -0.05) is 6.58 Å². The second-order valence-corrected chi connectivity index (χ2v) is 1.84. The molecule has 0 aliphatic heterocycles. The maximum Gasteiger partial charge on any atom is 0.146 e. The summed E-state index contributed by atoms with van der Waals surface area (Å²) in [5.41, 5.74) is 0.552. The molecule has 0 spiro atoms. The van der Waals surface area contributed by atoms with Crippen molar-refractivity contribution >= 4 is 6.29 Å². The fourth-order valence-electron chi connectivity index (χ4n) is 0.404. The molecule has 0 unspecified atom stereocenters. The maximum absolute atomic E-state index is 9.98. The maximum atomic E-state index is 9.98. The van der Waals surface area contributed by atoms with Crippen molar-refractivity contribution in [3.05, 3.63) is 12.2 Å². The van der Waals surface area contributed by atoms with E-state index in [-0.39, 0.29) is 6.79 Å². The predicted molar refractivity (Wildman–Crippen MR) is 37.6 cm³/mol. The van der Waals surface area contributed by atoms with E-state index >= 15 is 0 Å². The minimum absolute atomic E-state index is 0.270. The van der Waals surface area contributed by atoms with Crippen molar-refractivity contribution in [1.29, 1.82) is 0 Å². The zero-order chi connectivity index (χ0) is 7.82. The van der Waals surface area contributed by atoms with Crippen LogP contribution in [0.3, 0.4) is 0 Å². The summed E-state index contributed by atoms with van der Waals surface area (Å²) in [6, 6.07) is 0. The van der Waals surface area contributed by atoms with Gasteiger partial charge in [-0.05, 0) is 12.0 Å². The Balaban J connectivity index is 3.03. The zero-order valence-electron chi connectivity index (χ0n) is 6.13. The standard InChI is InChI=1S/C7H12O3/c1-7(5-8)3-4-10-6-9-2/h5H,1,3-4,6H2,2H3. The molecule has 0 atom stereocenters. The third-order valence-electron chi connectivity index (χ3n) is 0.935. The predicted octanol–water partition coefficient (Wildman–Crippen LogP) is 0.752. The molecule has 0 aromatic heterocycles. The van der Waals surface area contributed by atoms with Gasteiger partial charge in [-0.25, -0.2) is 0 Å². The summed E-state index contributed by atoms with van der Waals surface area (Å²) in [5.74, 6) is 0. The Kier molecular flexibility index (Phi) is 6.02. The number of carbonyl (C=O) groups is 1. The molecular formula is C7H12O3. The van der Waals surface area contributed by atoms with Gasteiger partial charge < -0.3 is 9.47 Å². The third kappa shape index (κ3) is 5.47. The average Bonchev–Trinajstić information content (AvgIpc) is 1.98. The van der Waals surface area contributed by atoms with E-state index in [4.69, 9.17) is 4.74 Å². The first-order chi connectivity index (χ1) is 4.81. The van der Waals surface area contributed by atoms with Gasteiger partial charge in [0.25, 0.3) is 0 Å². The third-order valence-corrected chi connectivity index (χ3v) is 0.935. The molecule has 0 aromatic carbocycles. The van der Waals surface area contributed by atoms with Crippen LogP contribution in [0.5, 0.6) is 0 Å². The molecule has 3 heteroatoms. The van der Waals surface area contributed by atoms with Crippen molar-refractivity contribution in [2.45, 2.75) is 6.42 Å². The van der Waals surface area contributed by atoms with Gasteiger partial charge in [0.2, 0.25) is 0 Å². The highest BCUT2D eigenvalue weighted by Gasteiger charge is 1.90. The summed E-state index contributed by atoms with van der Waals surface area (Å²) < 4.78 is 9.53. The van der Waals surface area contributed by atoms with E-state index in [9.17, 15) is 4.79 Å². The van der Waals surface area contributed by atoms with Crippen LogP contribution in [0.15, 0.2) is 12.2 Å². The Labute approximate surface area is 60.6 Å². The number of methoxy groups -OCH3 is 1. The molecule has 0 fully saturated rings. The highest BCUT2D eigenvalue weighted by atomic mass is 16.7. The van der Waals surface area contributed by atoms with Crippen LogP contribution in [0.25, 0.3) is 0 Å². The summed E-state index contributed by atoms with van der Waals surface area (Å²) in [7, 11) is 1.55. The number of hydrogen-bond acceptors (Lipinski definition) is 3. The Morgan fingerprint density at radius 3 is 2.90 bits per heavy atom. The van der Waals surface area contributed by atoms with Gasteiger partial charge in [0.05, 0.1) is 6.61 Å². The second-order valence-electron chi connectivity index (χ2n) is 1.84. The van der Waals surface area contributed by atoms with E-state index in [2.05, 4.69) is 11.3 Å². The van der Waals surface area contributed by atoms with Crippen LogP contribution < -0.4 is 0 Å². The fourth-order valence-corrected chi connectivity index (χ4v) is 0.404. The van der Waals surface area contributed by atoms with Gasteiger partial charge in [0, 0.05) is 7.11 Å². The molecule has 0 heterocycles. The van der Waals surface area contributed by atoms with Crippen molar-refractivity contribution in [3.8, 4) is 0 Å². The van der Waals surface area contributed by atoms with Crippen LogP contribution in [0.1, 0.15) is 6.42 Å². The van der Waals surface area contributed by atoms with Crippen molar-refractivity contribution < 1.29 is 14.3 Å². The lowest BCUT2D eigenvalue weighted by Gasteiger charge is -1.99. The van der Waals surface area contributed by atoms with Crippen LogP contribution in [-0.2, 0) is 14.3 Å². The molecule has 0 rings (SSSR count). The fraction of sp³-hybridized carbons (Fsp3) is 0.571. The van der Waals surface area contributed by atoms with Gasteiger partial charge in [-0.2, -0.15) is 0 Å². The molecule has 0 saturated carbocycles. The van der Waals surface area contributed by atoms with Crippen molar-refractivity contribution in [2.24, 2.45) is 0 Å². The first-order valence-electron chi connectivity index (χ1n) is 3.01. The molecule has 0 radical (unpaired) electrons. The van der Waals surface area contributed by atoms with Crippen LogP contribution in [0.4, 0.5) is 0 Å². The van der Waals surface area contributed by atoms with E-state index in [0.717, 1.165) is 6.29 Å². The second kappa shape index (κ2) is 6.45. The molecular weight excluding hydrogens is 132 g/mol. The summed E-state index contributed by atoms with van der Waals surface area (Å²) >= 11 is 0. The van der Waals surface area contributed by atoms with Crippen LogP contribution in [0.2, 0.25) is 0 Å². The Morgan fingerprint density at radius 2 is 2.40 bits per heavy atom. The smallest absolute Gasteiger partial charge is 0.146 e. The van der Waals surface area contributed by atoms with Crippen molar-refractivity contribution in [2.75, 3.05) is 20.5 Å². The lowest BCUT2D eigenvalue weighted by atomic mass is 10.2. The molecule has 10 heavy (non-hydrogen) atoms. The van der Waals surface area contributed by atoms with E-state index in [0.29, 0.717) is 18.6 Å². The largest absolute Gasteiger partial charge is 0.359 e. The highest BCUT2D eigenvalue weighted by molar-refractivity contribution is 5.71. The number of ether oxygens (including phenoxy) is 2. The lowest BCUT2D eigenvalue weighted by Crippen LogP contribution is -1.99. The normalized spacial score (nSPS) is 9.30. The van der Waals surface area contributed by atoms with Crippen LogP contribution >= 0.6 is 0 Å². The first-order valence-corrected chi connectivity index (χ1v) is 3.01. The minimum Gasteiger partial charge on any atom is -0.359 e. The summed E-state index contributed by atoms with van der Waals surface area (Å²) in [5, 5.41) is 0. The number of carbonyl (C=O) groups excluding carboxylic acids is 1. The summed E-state index contributed by atoms with van der Waals surface area (Å²) in [6.07, 6.45) is 1.31. The van der Waals surface area contributed by atoms with Gasteiger partial charge in [0.1, 0.15) is 13.1 Å². The molecule has 0 amide bonds. The summed E-state index contributed by atoms with van der Waals surface area (Å²) in [4.78, 5) is 9.98. The topological polar surface area (TPSA) is 35.5 Å². The molecule has 0 aliphatic rings. The molecule has 0 N–H and O–H groups in total. The SMILES string of the molecule is C=C(C=O)CCOCOC. The van der Waals surface area contributed by atoms with Gasteiger partial charge in [0.15, 0.2) is 0 Å². The van der Waals surface area contributed by atoms with Gasteiger partial charge in [-0.15, -0.1) is 0 Å². The van der Waals surface area contributed by atoms with Crippen LogP contribution in [-0.4, -0.2) is 26.8 Å². The zero-order valence-corrected chi connectivity index (χ0v) is 6.13. The van der Waals surface area contributed by atoms with Crippen molar-refractivity contribution in [3.63, 3.8) is 0 Å². The van der Waals surface area contributed by atoms with Crippen LogP contribution in [0, 0.1) is 0 Å². The molecule has 58 valence electrons. The van der Waals surface area contributed by atoms with E-state index in [1.54, 1.807) is 7.11 Å². The van der Waals surface area contributed by atoms with E-state index < -0.39 is 0 Å². The van der Waals surface area contributed by atoms with E-state index in [1.807, 2.05) is 0 Å².